The number of aryl methyl sites for hydroxylation is 1. The molecule has 20 heavy (non-hydrogen) atoms. The highest BCUT2D eigenvalue weighted by Crippen LogP contribution is 2.34. The summed E-state index contributed by atoms with van der Waals surface area (Å²) >= 11 is 7.71. The van der Waals surface area contributed by atoms with E-state index >= 15 is 0 Å². The molecule has 0 unspecified atom stereocenters. The zero-order valence-electron chi connectivity index (χ0n) is 11.0. The minimum Gasteiger partial charge on any atom is -0.390 e. The number of aromatic nitrogens is 1. The molecule has 0 saturated heterocycles. The number of halogens is 1. The normalized spacial score (nSPS) is 11.2. The van der Waals surface area contributed by atoms with Crippen LogP contribution < -0.4 is 0 Å². The monoisotopic (exact) mass is 303 g/mol. The topological polar surface area (TPSA) is 25.2 Å². The molecule has 0 amide bonds. The van der Waals surface area contributed by atoms with Gasteiger partial charge >= 0.3 is 0 Å². The van der Waals surface area contributed by atoms with E-state index in [2.05, 4.69) is 16.1 Å². The highest BCUT2D eigenvalue weighted by atomic mass is 35.5. The number of hydrogen-bond donors (Lipinski definition) is 1. The van der Waals surface area contributed by atoms with Gasteiger partial charge in [0.15, 0.2) is 0 Å². The molecule has 0 atom stereocenters. The Balaban J connectivity index is 2.20. The summed E-state index contributed by atoms with van der Waals surface area (Å²) < 4.78 is 2.06. The molecular formula is C16H14ClNOS. The summed E-state index contributed by atoms with van der Waals surface area (Å²) in [5.41, 5.74) is 3.05. The van der Waals surface area contributed by atoms with E-state index in [1.807, 2.05) is 43.3 Å². The van der Waals surface area contributed by atoms with Gasteiger partial charge in [0.2, 0.25) is 0 Å². The van der Waals surface area contributed by atoms with E-state index in [0.717, 1.165) is 27.1 Å². The molecule has 0 aliphatic heterocycles. The number of aliphatic hydroxyl groups excluding tert-OH is 1. The third-order valence-electron chi connectivity index (χ3n) is 3.35. The van der Waals surface area contributed by atoms with Gasteiger partial charge in [-0.15, -0.1) is 0 Å². The second kappa shape index (κ2) is 5.52. The van der Waals surface area contributed by atoms with Gasteiger partial charge in [-0.25, -0.2) is 0 Å². The zero-order valence-corrected chi connectivity index (χ0v) is 12.6. The molecule has 0 spiro atoms. The van der Waals surface area contributed by atoms with Gasteiger partial charge in [0, 0.05) is 15.3 Å². The highest BCUT2D eigenvalue weighted by molar-refractivity contribution is 7.98. The standard InChI is InChI=1S/C16H14ClNOS/c1-11-14-8-7-12(17)9-15(14)18(16(11)10-19)20-13-5-3-2-4-6-13/h2-9,19H,10H2,1H3. The first-order valence-corrected chi connectivity index (χ1v) is 7.49. The lowest BCUT2D eigenvalue weighted by Crippen LogP contribution is -1.95. The fourth-order valence-corrected chi connectivity index (χ4v) is 3.53. The Morgan fingerprint density at radius 3 is 2.60 bits per heavy atom. The number of hydrogen-bond acceptors (Lipinski definition) is 2. The summed E-state index contributed by atoms with van der Waals surface area (Å²) in [6.07, 6.45) is 0. The molecule has 2 aromatic carbocycles. The predicted octanol–water partition coefficient (Wildman–Crippen LogP) is 4.65. The molecule has 4 heteroatoms. The van der Waals surface area contributed by atoms with Gasteiger partial charge in [-0.1, -0.05) is 35.9 Å². The van der Waals surface area contributed by atoms with Crippen LogP contribution in [0.2, 0.25) is 5.02 Å². The smallest absolute Gasteiger partial charge is 0.0845 e. The number of fused-ring (bicyclic) bond motifs is 1. The van der Waals surface area contributed by atoms with Crippen LogP contribution in [-0.4, -0.2) is 9.08 Å². The van der Waals surface area contributed by atoms with Crippen LogP contribution in [0.15, 0.2) is 53.4 Å². The Bertz CT molecular complexity index is 752. The van der Waals surface area contributed by atoms with Crippen LogP contribution in [-0.2, 0) is 6.61 Å². The van der Waals surface area contributed by atoms with E-state index in [-0.39, 0.29) is 6.61 Å². The van der Waals surface area contributed by atoms with Crippen LogP contribution in [0.1, 0.15) is 11.3 Å². The van der Waals surface area contributed by atoms with Gasteiger partial charge in [0.1, 0.15) is 0 Å². The maximum atomic E-state index is 9.68. The van der Waals surface area contributed by atoms with Crippen molar-refractivity contribution >= 4 is 34.5 Å². The molecule has 0 bridgehead atoms. The van der Waals surface area contributed by atoms with E-state index < -0.39 is 0 Å². The summed E-state index contributed by atoms with van der Waals surface area (Å²) in [5.74, 6) is 0. The van der Waals surface area contributed by atoms with Gasteiger partial charge in [-0.2, -0.15) is 0 Å². The molecular weight excluding hydrogens is 290 g/mol. The van der Waals surface area contributed by atoms with Crippen molar-refractivity contribution in [1.82, 2.24) is 3.97 Å². The van der Waals surface area contributed by atoms with Crippen LogP contribution in [0.4, 0.5) is 0 Å². The quantitative estimate of drug-likeness (QED) is 0.762. The van der Waals surface area contributed by atoms with Crippen LogP contribution >= 0.6 is 23.5 Å². The minimum atomic E-state index is 0.0119. The largest absolute Gasteiger partial charge is 0.390 e. The van der Waals surface area contributed by atoms with Crippen LogP contribution in [0.25, 0.3) is 10.9 Å². The molecule has 1 heterocycles. The van der Waals surface area contributed by atoms with Crippen molar-refractivity contribution in [3.63, 3.8) is 0 Å². The Hall–Kier alpha value is -1.42. The number of aliphatic hydroxyl groups is 1. The van der Waals surface area contributed by atoms with Crippen molar-refractivity contribution in [3.8, 4) is 0 Å². The first-order chi connectivity index (χ1) is 9.70. The summed E-state index contributed by atoms with van der Waals surface area (Å²) in [6.45, 7) is 2.04. The van der Waals surface area contributed by atoms with Crippen LogP contribution in [0.3, 0.4) is 0 Å². The molecule has 0 radical (unpaired) electrons. The summed E-state index contributed by atoms with van der Waals surface area (Å²) in [4.78, 5) is 1.12. The second-order valence-corrected chi connectivity index (χ2v) is 6.05. The lowest BCUT2D eigenvalue weighted by Gasteiger charge is -2.08. The maximum Gasteiger partial charge on any atom is 0.0845 e. The molecule has 2 nitrogen and oxygen atoms in total. The predicted molar refractivity (Wildman–Crippen MR) is 85.3 cm³/mol. The summed E-state index contributed by atoms with van der Waals surface area (Å²) in [6, 6.07) is 15.9. The van der Waals surface area contributed by atoms with Crippen molar-refractivity contribution in [3.05, 3.63) is 64.8 Å². The first-order valence-electron chi connectivity index (χ1n) is 6.34. The summed E-state index contributed by atoms with van der Waals surface area (Å²) in [7, 11) is 0. The first kappa shape index (κ1) is 13.6. The minimum absolute atomic E-state index is 0.0119. The van der Waals surface area contributed by atoms with Crippen LogP contribution in [0.5, 0.6) is 0 Å². The Kier molecular flexibility index (Phi) is 3.74. The van der Waals surface area contributed by atoms with Crippen molar-refractivity contribution in [2.24, 2.45) is 0 Å². The third kappa shape index (κ3) is 2.33. The Labute approximate surface area is 127 Å². The molecule has 1 aromatic heterocycles. The Morgan fingerprint density at radius 2 is 1.90 bits per heavy atom. The molecule has 0 fully saturated rings. The van der Waals surface area contributed by atoms with E-state index in [1.165, 1.54) is 0 Å². The molecule has 0 aliphatic rings. The van der Waals surface area contributed by atoms with Gasteiger partial charge in [-0.05, 0) is 48.7 Å². The molecule has 3 rings (SSSR count). The van der Waals surface area contributed by atoms with Gasteiger partial charge in [-0.3, -0.25) is 3.97 Å². The third-order valence-corrected chi connectivity index (χ3v) is 4.67. The summed E-state index contributed by atoms with van der Waals surface area (Å²) in [5, 5.41) is 11.5. The van der Waals surface area contributed by atoms with E-state index in [4.69, 9.17) is 11.6 Å². The van der Waals surface area contributed by atoms with Gasteiger partial charge in [0.25, 0.3) is 0 Å². The average molecular weight is 304 g/mol. The molecule has 3 aromatic rings. The van der Waals surface area contributed by atoms with Gasteiger partial charge in [0.05, 0.1) is 17.8 Å². The van der Waals surface area contributed by atoms with E-state index in [9.17, 15) is 5.11 Å². The van der Waals surface area contributed by atoms with Crippen molar-refractivity contribution in [1.29, 1.82) is 0 Å². The van der Waals surface area contributed by atoms with Gasteiger partial charge < -0.3 is 5.11 Å². The SMILES string of the molecule is Cc1c(CO)n(Sc2ccccc2)c2cc(Cl)ccc12. The zero-order chi connectivity index (χ0) is 14.1. The number of benzene rings is 2. The lowest BCUT2D eigenvalue weighted by atomic mass is 10.1. The van der Waals surface area contributed by atoms with Crippen LogP contribution in [0, 0.1) is 6.92 Å². The number of nitrogens with zero attached hydrogens (tertiary/aromatic N) is 1. The molecule has 0 aliphatic carbocycles. The van der Waals surface area contributed by atoms with Crippen molar-refractivity contribution < 1.29 is 5.11 Å². The van der Waals surface area contributed by atoms with Crippen molar-refractivity contribution in [2.45, 2.75) is 18.4 Å². The van der Waals surface area contributed by atoms with E-state index in [1.54, 1.807) is 11.9 Å². The number of rotatable bonds is 3. The second-order valence-electron chi connectivity index (χ2n) is 4.59. The fraction of sp³-hybridized carbons (Fsp3) is 0.125. The maximum absolute atomic E-state index is 9.68. The van der Waals surface area contributed by atoms with E-state index in [0.29, 0.717) is 5.02 Å². The fourth-order valence-electron chi connectivity index (χ4n) is 2.32. The van der Waals surface area contributed by atoms with Crippen molar-refractivity contribution in [2.75, 3.05) is 0 Å². The molecule has 0 saturated carbocycles. The lowest BCUT2D eigenvalue weighted by molar-refractivity contribution is 0.276. The molecule has 1 N–H and O–H groups in total. The highest BCUT2D eigenvalue weighted by Gasteiger charge is 2.14. The molecule has 102 valence electrons. The Morgan fingerprint density at radius 1 is 1.15 bits per heavy atom. The average Bonchev–Trinajstić information content (AvgIpc) is 2.72.